The Balaban J connectivity index is 4.17. The number of ether oxygens (including phenoxy) is 3. The van der Waals surface area contributed by atoms with E-state index in [9.17, 15) is 14.4 Å². The summed E-state index contributed by atoms with van der Waals surface area (Å²) in [6.07, 6.45) is 89.8. The van der Waals surface area contributed by atoms with Crippen LogP contribution >= 0.6 is 0 Å². The van der Waals surface area contributed by atoms with E-state index in [4.69, 9.17) is 14.2 Å². The number of allylic oxidation sites excluding steroid dienone is 10. The molecule has 0 amide bonds. The van der Waals surface area contributed by atoms with E-state index in [1.165, 1.54) is 257 Å². The third-order valence-corrected chi connectivity index (χ3v) is 16.0. The predicted octanol–water partition coefficient (Wildman–Crippen LogP) is 24.7. The quantitative estimate of drug-likeness (QED) is 0.0261. The number of rotatable bonds is 66. The molecule has 0 aromatic carbocycles. The van der Waals surface area contributed by atoms with Gasteiger partial charge in [0.05, 0.1) is 0 Å². The summed E-state index contributed by atoms with van der Waals surface area (Å²) in [5, 5.41) is 0. The standard InChI is InChI=1S/C75H136O6/c1-4-7-10-13-16-19-22-24-26-28-30-32-34-35-36-37-38-39-41-42-44-46-48-50-53-56-59-62-65-68-74(77)80-71-72(70-79-73(76)67-64-61-58-55-52-21-18-15-12-9-6-3)81-75(78)69-66-63-60-57-54-51-49-47-45-43-40-33-31-29-27-25-23-20-17-14-11-8-5-2/h8,11,17,20,25,27-28,30-31,33,72H,4-7,9-10,12-16,18-19,21-24,26,29,32,34-71H2,1-3H3/b11-8-,20-17-,27-25-,30-28-,33-31-. The molecule has 0 saturated heterocycles. The molecule has 0 radical (unpaired) electrons. The van der Waals surface area contributed by atoms with Crippen molar-refractivity contribution >= 4 is 17.9 Å². The molecule has 0 saturated carbocycles. The van der Waals surface area contributed by atoms with Crippen LogP contribution in [0.15, 0.2) is 60.8 Å². The maximum atomic E-state index is 12.9. The van der Waals surface area contributed by atoms with Crippen molar-refractivity contribution in [2.45, 2.75) is 386 Å². The molecular weight excluding hydrogens is 997 g/mol. The number of carbonyl (C=O) groups is 3. The summed E-state index contributed by atoms with van der Waals surface area (Å²) in [5.41, 5.74) is 0. The second-order valence-electron chi connectivity index (χ2n) is 24.1. The highest BCUT2D eigenvalue weighted by atomic mass is 16.6. The lowest BCUT2D eigenvalue weighted by molar-refractivity contribution is -0.167. The van der Waals surface area contributed by atoms with Crippen LogP contribution in [0.4, 0.5) is 0 Å². The minimum Gasteiger partial charge on any atom is -0.462 e. The van der Waals surface area contributed by atoms with Gasteiger partial charge < -0.3 is 14.2 Å². The maximum Gasteiger partial charge on any atom is 0.306 e. The van der Waals surface area contributed by atoms with Crippen molar-refractivity contribution in [3.63, 3.8) is 0 Å². The van der Waals surface area contributed by atoms with Crippen molar-refractivity contribution in [1.82, 2.24) is 0 Å². The molecule has 472 valence electrons. The minimum atomic E-state index is -0.775. The van der Waals surface area contributed by atoms with Crippen molar-refractivity contribution in [3.05, 3.63) is 60.8 Å². The average molecular weight is 1130 g/mol. The fourth-order valence-corrected chi connectivity index (χ4v) is 10.7. The van der Waals surface area contributed by atoms with Gasteiger partial charge in [-0.2, -0.15) is 0 Å². The van der Waals surface area contributed by atoms with E-state index < -0.39 is 6.10 Å². The second-order valence-corrected chi connectivity index (χ2v) is 24.1. The molecule has 0 N–H and O–H groups in total. The van der Waals surface area contributed by atoms with E-state index in [1.807, 2.05) is 0 Å². The summed E-state index contributed by atoms with van der Waals surface area (Å²) in [5.74, 6) is -0.852. The molecule has 6 nitrogen and oxygen atoms in total. The Labute approximate surface area is 504 Å². The Morgan fingerprint density at radius 2 is 0.481 bits per heavy atom. The molecule has 0 aliphatic carbocycles. The fraction of sp³-hybridized carbons (Fsp3) is 0.827. The zero-order chi connectivity index (χ0) is 58.5. The van der Waals surface area contributed by atoms with Gasteiger partial charge >= 0.3 is 17.9 Å². The monoisotopic (exact) mass is 1130 g/mol. The summed E-state index contributed by atoms with van der Waals surface area (Å²) in [7, 11) is 0. The van der Waals surface area contributed by atoms with E-state index in [1.54, 1.807) is 0 Å². The SMILES string of the molecule is CC/C=C\C/C=C\C/C=C\C/C=C\CCCCCCCCCCCCC(=O)OC(COC(=O)CCCCCCCCCCCCC)COC(=O)CCCCCCCCCCCCCCCCCCC/C=C\CCCCCCCCCC. The first-order valence-electron chi connectivity index (χ1n) is 35.8. The Morgan fingerprint density at radius 3 is 0.765 bits per heavy atom. The van der Waals surface area contributed by atoms with E-state index in [2.05, 4.69) is 81.5 Å². The Kier molecular flexibility index (Phi) is 67.1. The number of carbonyl (C=O) groups excluding carboxylic acids is 3. The van der Waals surface area contributed by atoms with E-state index in [0.717, 1.165) is 83.5 Å². The lowest BCUT2D eigenvalue weighted by atomic mass is 10.0. The van der Waals surface area contributed by atoms with Gasteiger partial charge in [-0.3, -0.25) is 14.4 Å². The maximum absolute atomic E-state index is 12.9. The summed E-state index contributed by atoms with van der Waals surface area (Å²) >= 11 is 0. The largest absolute Gasteiger partial charge is 0.462 e. The molecule has 0 aromatic rings. The van der Waals surface area contributed by atoms with E-state index in [-0.39, 0.29) is 31.1 Å². The first-order valence-corrected chi connectivity index (χ1v) is 35.8. The topological polar surface area (TPSA) is 78.9 Å². The van der Waals surface area contributed by atoms with Crippen molar-refractivity contribution in [3.8, 4) is 0 Å². The van der Waals surface area contributed by atoms with Crippen molar-refractivity contribution < 1.29 is 28.6 Å². The van der Waals surface area contributed by atoms with E-state index >= 15 is 0 Å². The van der Waals surface area contributed by atoms with Gasteiger partial charge in [0.25, 0.3) is 0 Å². The van der Waals surface area contributed by atoms with Gasteiger partial charge in [0.2, 0.25) is 0 Å². The van der Waals surface area contributed by atoms with Crippen LogP contribution < -0.4 is 0 Å². The van der Waals surface area contributed by atoms with Crippen LogP contribution in [0.5, 0.6) is 0 Å². The summed E-state index contributed by atoms with van der Waals surface area (Å²) in [6, 6.07) is 0. The number of unbranched alkanes of at least 4 members (excludes halogenated alkanes) is 45. The molecule has 0 bridgehead atoms. The zero-order valence-electron chi connectivity index (χ0n) is 54.3. The highest BCUT2D eigenvalue weighted by Gasteiger charge is 2.19. The highest BCUT2D eigenvalue weighted by molar-refractivity contribution is 5.71. The van der Waals surface area contributed by atoms with Crippen molar-refractivity contribution in [2.75, 3.05) is 13.2 Å². The Morgan fingerprint density at radius 1 is 0.259 bits per heavy atom. The summed E-state index contributed by atoms with van der Waals surface area (Å²) in [6.45, 7) is 6.58. The molecule has 0 fully saturated rings. The lowest BCUT2D eigenvalue weighted by Gasteiger charge is -2.18. The van der Waals surface area contributed by atoms with Crippen LogP contribution in [-0.4, -0.2) is 37.2 Å². The van der Waals surface area contributed by atoms with Gasteiger partial charge in [-0.25, -0.2) is 0 Å². The first kappa shape index (κ1) is 78.1. The molecule has 0 rings (SSSR count). The molecule has 0 aliphatic rings. The van der Waals surface area contributed by atoms with Crippen LogP contribution in [0.3, 0.4) is 0 Å². The molecule has 1 unspecified atom stereocenters. The lowest BCUT2D eigenvalue weighted by Crippen LogP contribution is -2.30. The van der Waals surface area contributed by atoms with Crippen molar-refractivity contribution in [1.29, 1.82) is 0 Å². The van der Waals surface area contributed by atoms with Gasteiger partial charge in [-0.05, 0) is 83.5 Å². The Bertz CT molecular complexity index is 1440. The van der Waals surface area contributed by atoms with Gasteiger partial charge in [-0.1, -0.05) is 338 Å². The van der Waals surface area contributed by atoms with Crippen LogP contribution in [0.2, 0.25) is 0 Å². The smallest absolute Gasteiger partial charge is 0.306 e. The molecule has 0 heterocycles. The Hall–Kier alpha value is -2.89. The third-order valence-electron chi connectivity index (χ3n) is 16.0. The van der Waals surface area contributed by atoms with Gasteiger partial charge in [0.1, 0.15) is 13.2 Å². The number of hydrogen-bond acceptors (Lipinski definition) is 6. The van der Waals surface area contributed by atoms with Gasteiger partial charge in [0.15, 0.2) is 6.10 Å². The van der Waals surface area contributed by atoms with Gasteiger partial charge in [0, 0.05) is 19.3 Å². The molecule has 6 heteroatoms. The molecule has 1 atom stereocenters. The minimum absolute atomic E-state index is 0.0710. The summed E-state index contributed by atoms with van der Waals surface area (Å²) in [4.78, 5) is 38.4. The normalized spacial score (nSPS) is 12.4. The predicted molar refractivity (Wildman–Crippen MR) is 353 cm³/mol. The third kappa shape index (κ3) is 67.8. The van der Waals surface area contributed by atoms with Crippen LogP contribution in [0.25, 0.3) is 0 Å². The van der Waals surface area contributed by atoms with Crippen LogP contribution in [0.1, 0.15) is 380 Å². The first-order chi connectivity index (χ1) is 40.0. The molecule has 0 spiro atoms. The van der Waals surface area contributed by atoms with Crippen LogP contribution in [-0.2, 0) is 28.6 Å². The number of hydrogen-bond donors (Lipinski definition) is 0. The van der Waals surface area contributed by atoms with Crippen LogP contribution in [0, 0.1) is 0 Å². The van der Waals surface area contributed by atoms with Crippen molar-refractivity contribution in [2.24, 2.45) is 0 Å². The van der Waals surface area contributed by atoms with Gasteiger partial charge in [-0.15, -0.1) is 0 Å². The van der Waals surface area contributed by atoms with E-state index in [0.29, 0.717) is 19.3 Å². The molecule has 81 heavy (non-hydrogen) atoms. The highest BCUT2D eigenvalue weighted by Crippen LogP contribution is 2.18. The second kappa shape index (κ2) is 69.6. The molecule has 0 aromatic heterocycles. The molecular formula is C75H136O6. The average Bonchev–Trinajstić information content (AvgIpc) is 3.47. The number of esters is 3. The summed E-state index contributed by atoms with van der Waals surface area (Å²) < 4.78 is 17.0. The molecule has 0 aliphatic heterocycles. The fourth-order valence-electron chi connectivity index (χ4n) is 10.7. The zero-order valence-corrected chi connectivity index (χ0v) is 54.3.